The maximum absolute atomic E-state index is 11.9. The van der Waals surface area contributed by atoms with Gasteiger partial charge in [-0.25, -0.2) is 4.98 Å². The predicted octanol–water partition coefficient (Wildman–Crippen LogP) is 2.31. The van der Waals surface area contributed by atoms with Crippen LogP contribution in [0.2, 0.25) is 5.22 Å². The summed E-state index contributed by atoms with van der Waals surface area (Å²) in [6.07, 6.45) is 1.71. The lowest BCUT2D eigenvalue weighted by Gasteiger charge is -2.03. The van der Waals surface area contributed by atoms with Crippen molar-refractivity contribution in [1.82, 2.24) is 4.98 Å². The van der Waals surface area contributed by atoms with Gasteiger partial charge in [0.2, 0.25) is 5.22 Å². The van der Waals surface area contributed by atoms with E-state index in [1.165, 1.54) is 12.3 Å². The molecule has 2 heterocycles. The Hall–Kier alpha value is -2.29. The zero-order valence-electron chi connectivity index (χ0n) is 10.4. The van der Waals surface area contributed by atoms with Gasteiger partial charge in [-0.15, -0.1) is 0 Å². The summed E-state index contributed by atoms with van der Waals surface area (Å²) in [5.41, 5.74) is 0.750. The lowest BCUT2D eigenvalue weighted by atomic mass is 10.3. The predicted molar refractivity (Wildman–Crippen MR) is 74.5 cm³/mol. The first-order valence-electron chi connectivity index (χ1n) is 5.82. The van der Waals surface area contributed by atoms with Gasteiger partial charge in [-0.1, -0.05) is 12.0 Å². The van der Waals surface area contributed by atoms with Crippen molar-refractivity contribution in [3.05, 3.63) is 47.0 Å². The minimum absolute atomic E-state index is 0.00240. The van der Waals surface area contributed by atoms with Crippen LogP contribution in [0.5, 0.6) is 0 Å². The molecule has 0 aliphatic rings. The Labute approximate surface area is 120 Å². The Bertz CT molecular complexity index is 670. The number of hydrogen-bond donors (Lipinski definition) is 2. The molecule has 0 aliphatic heterocycles. The molecule has 6 heteroatoms. The summed E-state index contributed by atoms with van der Waals surface area (Å²) in [6.45, 7) is 0.00240. The Kier molecular flexibility index (Phi) is 4.77. The third kappa shape index (κ3) is 3.60. The van der Waals surface area contributed by atoms with E-state index in [1.807, 2.05) is 0 Å². The van der Waals surface area contributed by atoms with E-state index in [2.05, 4.69) is 22.1 Å². The summed E-state index contributed by atoms with van der Waals surface area (Å²) in [7, 11) is 0. The highest BCUT2D eigenvalue weighted by Gasteiger charge is 2.13. The molecule has 2 aromatic rings. The number of aliphatic hydroxyl groups is 1. The van der Waals surface area contributed by atoms with Crippen molar-refractivity contribution in [2.45, 2.75) is 6.42 Å². The van der Waals surface area contributed by atoms with Gasteiger partial charge in [-0.3, -0.25) is 4.79 Å². The van der Waals surface area contributed by atoms with Crippen LogP contribution in [0.3, 0.4) is 0 Å². The van der Waals surface area contributed by atoms with Crippen LogP contribution in [0.25, 0.3) is 0 Å². The van der Waals surface area contributed by atoms with Gasteiger partial charge in [0.15, 0.2) is 0 Å². The maximum atomic E-state index is 11.9. The monoisotopic (exact) mass is 290 g/mol. The number of aliphatic hydroxyl groups excluding tert-OH is 1. The molecular weight excluding hydrogens is 280 g/mol. The second-order valence-electron chi connectivity index (χ2n) is 3.75. The van der Waals surface area contributed by atoms with Crippen molar-refractivity contribution in [3.63, 3.8) is 0 Å². The number of pyridine rings is 1. The minimum Gasteiger partial charge on any atom is -0.452 e. The van der Waals surface area contributed by atoms with Crippen molar-refractivity contribution in [3.8, 4) is 11.8 Å². The summed E-state index contributed by atoms with van der Waals surface area (Å²) in [5.74, 6) is 5.50. The van der Waals surface area contributed by atoms with Crippen molar-refractivity contribution >= 4 is 23.3 Å². The largest absolute Gasteiger partial charge is 0.452 e. The molecule has 1 amide bonds. The highest BCUT2D eigenvalue weighted by atomic mass is 35.5. The van der Waals surface area contributed by atoms with E-state index in [1.54, 1.807) is 18.2 Å². The number of carbonyl (C=O) groups is 1. The van der Waals surface area contributed by atoms with E-state index in [0.29, 0.717) is 17.9 Å². The number of nitrogens with zero attached hydrogens (tertiary/aromatic N) is 1. The molecule has 0 aliphatic carbocycles. The molecule has 0 fully saturated rings. The van der Waals surface area contributed by atoms with Crippen LogP contribution in [0.15, 0.2) is 34.9 Å². The van der Waals surface area contributed by atoms with Crippen LogP contribution in [0.4, 0.5) is 5.82 Å². The number of amides is 1. The topological polar surface area (TPSA) is 75.4 Å². The number of carbonyl (C=O) groups excluding carboxylic acids is 1. The number of aromatic nitrogens is 1. The summed E-state index contributed by atoms with van der Waals surface area (Å²) in [6, 6.07) is 6.55. The van der Waals surface area contributed by atoms with Crippen molar-refractivity contribution in [1.29, 1.82) is 0 Å². The molecule has 0 radical (unpaired) electrons. The zero-order valence-corrected chi connectivity index (χ0v) is 11.1. The molecule has 0 saturated heterocycles. The molecule has 2 rings (SSSR count). The average molecular weight is 291 g/mol. The van der Waals surface area contributed by atoms with Gasteiger partial charge >= 0.3 is 0 Å². The Morgan fingerprint density at radius 3 is 3.00 bits per heavy atom. The summed E-state index contributed by atoms with van der Waals surface area (Å²) in [4.78, 5) is 16.1. The highest BCUT2D eigenvalue weighted by Crippen LogP contribution is 2.17. The normalized spacial score (nSPS) is 9.70. The molecule has 2 aromatic heterocycles. The maximum Gasteiger partial charge on any atom is 0.261 e. The van der Waals surface area contributed by atoms with E-state index in [4.69, 9.17) is 21.1 Å². The van der Waals surface area contributed by atoms with Crippen LogP contribution in [0.1, 0.15) is 22.5 Å². The van der Waals surface area contributed by atoms with Crippen LogP contribution >= 0.6 is 11.6 Å². The molecular formula is C14H11ClN2O3. The first kappa shape index (κ1) is 14.1. The van der Waals surface area contributed by atoms with Gasteiger partial charge in [0.1, 0.15) is 11.5 Å². The molecule has 0 bridgehead atoms. The number of furan rings is 1. The number of rotatable bonds is 3. The van der Waals surface area contributed by atoms with Gasteiger partial charge < -0.3 is 14.8 Å². The number of halogens is 1. The first-order valence-corrected chi connectivity index (χ1v) is 6.19. The summed E-state index contributed by atoms with van der Waals surface area (Å²) < 4.78 is 4.85. The zero-order chi connectivity index (χ0) is 14.4. The lowest BCUT2D eigenvalue weighted by molar-refractivity contribution is 0.102. The fourth-order valence-electron chi connectivity index (χ4n) is 1.42. The average Bonchev–Trinajstić information content (AvgIpc) is 2.86. The molecule has 20 heavy (non-hydrogen) atoms. The smallest absolute Gasteiger partial charge is 0.261 e. The molecule has 102 valence electrons. The van der Waals surface area contributed by atoms with Crippen LogP contribution < -0.4 is 5.32 Å². The summed E-state index contributed by atoms with van der Waals surface area (Å²) in [5, 5.41) is 11.3. The van der Waals surface area contributed by atoms with Crippen molar-refractivity contribution < 1.29 is 14.3 Å². The standard InChI is InChI=1S/C14H11ClN2O3/c15-13-11(7-9-20-13)14(19)17-12-6-3-5-10(16-12)4-1-2-8-18/h3,5-7,9,18H,2,8H2,(H,16,17,19). The number of anilines is 1. The van der Waals surface area contributed by atoms with Crippen LogP contribution in [-0.2, 0) is 0 Å². The fraction of sp³-hybridized carbons (Fsp3) is 0.143. The lowest BCUT2D eigenvalue weighted by Crippen LogP contribution is -2.12. The van der Waals surface area contributed by atoms with Crippen LogP contribution in [-0.4, -0.2) is 22.6 Å². The molecule has 0 aromatic carbocycles. The van der Waals surface area contributed by atoms with Gasteiger partial charge in [0, 0.05) is 6.42 Å². The highest BCUT2D eigenvalue weighted by molar-refractivity contribution is 6.32. The van der Waals surface area contributed by atoms with Gasteiger partial charge in [0.25, 0.3) is 5.91 Å². The Balaban J connectivity index is 2.11. The SMILES string of the molecule is O=C(Nc1cccc(C#CCCO)n1)c1ccoc1Cl. The third-order valence-corrected chi connectivity index (χ3v) is 2.60. The molecule has 0 spiro atoms. The quantitative estimate of drug-likeness (QED) is 0.851. The van der Waals surface area contributed by atoms with E-state index in [-0.39, 0.29) is 17.4 Å². The number of nitrogens with one attached hydrogen (secondary N) is 1. The molecule has 0 unspecified atom stereocenters. The second kappa shape index (κ2) is 6.75. The van der Waals surface area contributed by atoms with Crippen LogP contribution in [0, 0.1) is 11.8 Å². The first-order chi connectivity index (χ1) is 9.70. The van der Waals surface area contributed by atoms with Gasteiger partial charge in [-0.2, -0.15) is 0 Å². The Morgan fingerprint density at radius 1 is 1.45 bits per heavy atom. The third-order valence-electron chi connectivity index (χ3n) is 2.31. The number of hydrogen-bond acceptors (Lipinski definition) is 4. The van der Waals surface area contributed by atoms with E-state index in [9.17, 15) is 4.79 Å². The van der Waals surface area contributed by atoms with E-state index >= 15 is 0 Å². The second-order valence-corrected chi connectivity index (χ2v) is 4.09. The van der Waals surface area contributed by atoms with E-state index in [0.717, 1.165) is 0 Å². The molecule has 5 nitrogen and oxygen atoms in total. The van der Waals surface area contributed by atoms with E-state index < -0.39 is 5.91 Å². The minimum atomic E-state index is -0.406. The molecule has 0 saturated carbocycles. The van der Waals surface area contributed by atoms with Crippen molar-refractivity contribution in [2.24, 2.45) is 0 Å². The Morgan fingerprint density at radius 2 is 2.30 bits per heavy atom. The molecule has 0 atom stereocenters. The molecule has 2 N–H and O–H groups in total. The van der Waals surface area contributed by atoms with Gasteiger partial charge in [-0.05, 0) is 35.7 Å². The van der Waals surface area contributed by atoms with Crippen molar-refractivity contribution in [2.75, 3.05) is 11.9 Å². The van der Waals surface area contributed by atoms with Gasteiger partial charge in [0.05, 0.1) is 18.4 Å². The fourth-order valence-corrected chi connectivity index (χ4v) is 1.62. The summed E-state index contributed by atoms with van der Waals surface area (Å²) >= 11 is 5.72.